The van der Waals surface area contributed by atoms with Gasteiger partial charge in [-0.3, -0.25) is 4.98 Å². The highest BCUT2D eigenvalue weighted by atomic mass is 79.9. The van der Waals surface area contributed by atoms with Crippen molar-refractivity contribution in [1.29, 1.82) is 0 Å². The molecule has 100 valence electrons. The monoisotopic (exact) mass is 333 g/mol. The second-order valence-electron chi connectivity index (χ2n) is 5.05. The molecule has 0 radical (unpaired) electrons. The number of aromatic nitrogens is 1. The molecule has 1 nitrogen and oxygen atoms in total. The van der Waals surface area contributed by atoms with E-state index in [9.17, 15) is 0 Å². The first-order chi connectivity index (χ1) is 10.3. The Morgan fingerprint density at radius 3 is 2.29 bits per heavy atom. The van der Waals surface area contributed by atoms with Gasteiger partial charge in [-0.1, -0.05) is 58.4 Å². The Bertz CT molecular complexity index is 800. The van der Waals surface area contributed by atoms with E-state index in [1.165, 1.54) is 27.8 Å². The normalized spacial score (nSPS) is 14.0. The lowest BCUT2D eigenvalue weighted by Gasteiger charge is -2.02. The molecule has 0 atom stereocenters. The van der Waals surface area contributed by atoms with Gasteiger partial charge in [0.1, 0.15) is 0 Å². The predicted octanol–water partition coefficient (Wildman–Crippen LogP) is 5.41. The Kier molecular flexibility index (Phi) is 2.97. The topological polar surface area (TPSA) is 12.9 Å². The Morgan fingerprint density at radius 2 is 1.48 bits per heavy atom. The molecule has 2 aromatic carbocycles. The van der Waals surface area contributed by atoms with Gasteiger partial charge in [0.15, 0.2) is 0 Å². The number of benzene rings is 2. The standard InChI is InChI=1S/C19H12BrN/c20-14-9-7-13(8-10-14)12-18-16-5-2-1-4-15(16)17-6-3-11-21-19(17)18/h1-12H/b18-12+. The van der Waals surface area contributed by atoms with Crippen LogP contribution in [0.4, 0.5) is 0 Å². The lowest BCUT2D eigenvalue weighted by molar-refractivity contribution is 1.30. The number of hydrogen-bond donors (Lipinski definition) is 0. The molecule has 0 unspecified atom stereocenters. The minimum Gasteiger partial charge on any atom is -0.256 e. The highest BCUT2D eigenvalue weighted by Gasteiger charge is 2.23. The van der Waals surface area contributed by atoms with Gasteiger partial charge in [0.2, 0.25) is 0 Å². The molecule has 0 spiro atoms. The van der Waals surface area contributed by atoms with Gasteiger partial charge in [-0.25, -0.2) is 0 Å². The van der Waals surface area contributed by atoms with Gasteiger partial charge in [0.25, 0.3) is 0 Å². The van der Waals surface area contributed by atoms with Crippen LogP contribution in [-0.2, 0) is 0 Å². The van der Waals surface area contributed by atoms with Crippen molar-refractivity contribution in [3.63, 3.8) is 0 Å². The SMILES string of the molecule is Brc1ccc(/C=C2\c3ccccc3-c3cccnc32)cc1. The Morgan fingerprint density at radius 1 is 0.762 bits per heavy atom. The minimum absolute atomic E-state index is 1.07. The first kappa shape index (κ1) is 12.5. The number of rotatable bonds is 1. The summed E-state index contributed by atoms with van der Waals surface area (Å²) in [5.74, 6) is 0. The van der Waals surface area contributed by atoms with Crippen molar-refractivity contribution in [2.45, 2.75) is 0 Å². The van der Waals surface area contributed by atoms with E-state index in [1.54, 1.807) is 0 Å². The zero-order valence-corrected chi connectivity index (χ0v) is 12.8. The van der Waals surface area contributed by atoms with E-state index in [1.807, 2.05) is 12.3 Å². The molecule has 0 bridgehead atoms. The molecule has 0 saturated heterocycles. The molecule has 1 aromatic heterocycles. The molecule has 3 aromatic rings. The van der Waals surface area contributed by atoms with E-state index >= 15 is 0 Å². The number of nitrogens with zero attached hydrogens (tertiary/aromatic N) is 1. The summed E-state index contributed by atoms with van der Waals surface area (Å²) in [7, 11) is 0. The summed E-state index contributed by atoms with van der Waals surface area (Å²) in [5, 5.41) is 0. The molecule has 0 saturated carbocycles. The molecule has 0 N–H and O–H groups in total. The van der Waals surface area contributed by atoms with Gasteiger partial charge in [-0.15, -0.1) is 0 Å². The molecule has 1 aliphatic carbocycles. The van der Waals surface area contributed by atoms with Crippen LogP contribution in [0, 0.1) is 0 Å². The van der Waals surface area contributed by atoms with Crippen LogP contribution < -0.4 is 0 Å². The highest BCUT2D eigenvalue weighted by molar-refractivity contribution is 9.10. The summed E-state index contributed by atoms with van der Waals surface area (Å²) in [6, 6.07) is 21.0. The van der Waals surface area contributed by atoms with Crippen LogP contribution in [0.5, 0.6) is 0 Å². The predicted molar refractivity (Wildman–Crippen MR) is 90.8 cm³/mol. The lowest BCUT2D eigenvalue weighted by atomic mass is 10.0. The smallest absolute Gasteiger partial charge is 0.0786 e. The number of hydrogen-bond acceptors (Lipinski definition) is 1. The average molecular weight is 334 g/mol. The van der Waals surface area contributed by atoms with E-state index in [-0.39, 0.29) is 0 Å². The Labute approximate surface area is 132 Å². The third-order valence-electron chi connectivity index (χ3n) is 3.75. The first-order valence-corrected chi connectivity index (χ1v) is 7.65. The van der Waals surface area contributed by atoms with Gasteiger partial charge in [-0.05, 0) is 41.0 Å². The fraction of sp³-hybridized carbons (Fsp3) is 0. The second-order valence-corrected chi connectivity index (χ2v) is 5.97. The molecule has 2 heteroatoms. The van der Waals surface area contributed by atoms with E-state index < -0.39 is 0 Å². The van der Waals surface area contributed by atoms with Crippen molar-refractivity contribution in [1.82, 2.24) is 4.98 Å². The largest absolute Gasteiger partial charge is 0.256 e. The first-order valence-electron chi connectivity index (χ1n) is 6.85. The van der Waals surface area contributed by atoms with Gasteiger partial charge in [0, 0.05) is 21.8 Å². The van der Waals surface area contributed by atoms with E-state index in [2.05, 4.69) is 81.6 Å². The third-order valence-corrected chi connectivity index (χ3v) is 4.28. The average Bonchev–Trinajstić information content (AvgIpc) is 2.85. The van der Waals surface area contributed by atoms with Crippen LogP contribution in [0.1, 0.15) is 16.8 Å². The number of halogens is 1. The highest BCUT2D eigenvalue weighted by Crippen LogP contribution is 2.43. The maximum absolute atomic E-state index is 4.59. The molecule has 4 rings (SSSR count). The van der Waals surface area contributed by atoms with Gasteiger partial charge in [-0.2, -0.15) is 0 Å². The van der Waals surface area contributed by atoms with Crippen LogP contribution in [-0.4, -0.2) is 4.98 Å². The summed E-state index contributed by atoms with van der Waals surface area (Å²) in [6.45, 7) is 0. The van der Waals surface area contributed by atoms with Crippen LogP contribution in [0.25, 0.3) is 22.8 Å². The van der Waals surface area contributed by atoms with E-state index in [0.29, 0.717) is 0 Å². The minimum atomic E-state index is 1.07. The fourth-order valence-electron chi connectivity index (χ4n) is 2.79. The van der Waals surface area contributed by atoms with Crippen molar-refractivity contribution in [2.75, 3.05) is 0 Å². The molecular formula is C19H12BrN. The number of fused-ring (bicyclic) bond motifs is 3. The lowest BCUT2D eigenvalue weighted by Crippen LogP contribution is -1.85. The van der Waals surface area contributed by atoms with Crippen molar-refractivity contribution < 1.29 is 0 Å². The summed E-state index contributed by atoms with van der Waals surface area (Å²) in [6.07, 6.45) is 4.07. The zero-order valence-electron chi connectivity index (χ0n) is 11.3. The van der Waals surface area contributed by atoms with E-state index in [0.717, 1.165) is 10.2 Å². The third kappa shape index (κ3) is 2.12. The van der Waals surface area contributed by atoms with E-state index in [4.69, 9.17) is 0 Å². The molecular weight excluding hydrogens is 322 g/mol. The zero-order chi connectivity index (χ0) is 14.2. The summed E-state index contributed by atoms with van der Waals surface area (Å²) in [5.41, 5.74) is 7.20. The molecule has 1 aliphatic rings. The summed E-state index contributed by atoms with van der Waals surface area (Å²) >= 11 is 3.48. The van der Waals surface area contributed by atoms with Gasteiger partial charge < -0.3 is 0 Å². The van der Waals surface area contributed by atoms with Crippen molar-refractivity contribution in [3.05, 3.63) is 88.2 Å². The maximum atomic E-state index is 4.59. The fourth-order valence-corrected chi connectivity index (χ4v) is 3.05. The van der Waals surface area contributed by atoms with Crippen LogP contribution >= 0.6 is 15.9 Å². The summed E-state index contributed by atoms with van der Waals surface area (Å²) < 4.78 is 1.09. The quantitative estimate of drug-likeness (QED) is 0.453. The molecule has 1 heterocycles. The van der Waals surface area contributed by atoms with Crippen LogP contribution in [0.2, 0.25) is 0 Å². The maximum Gasteiger partial charge on any atom is 0.0786 e. The van der Waals surface area contributed by atoms with Crippen LogP contribution in [0.3, 0.4) is 0 Å². The van der Waals surface area contributed by atoms with Crippen molar-refractivity contribution >= 4 is 27.6 Å². The van der Waals surface area contributed by atoms with Crippen LogP contribution in [0.15, 0.2) is 71.3 Å². The molecule has 0 fully saturated rings. The molecule has 0 aliphatic heterocycles. The van der Waals surface area contributed by atoms with Crippen molar-refractivity contribution in [2.24, 2.45) is 0 Å². The van der Waals surface area contributed by atoms with Gasteiger partial charge >= 0.3 is 0 Å². The summed E-state index contributed by atoms with van der Waals surface area (Å²) in [4.78, 5) is 4.59. The Hall–Kier alpha value is -2.19. The molecule has 21 heavy (non-hydrogen) atoms. The van der Waals surface area contributed by atoms with Crippen molar-refractivity contribution in [3.8, 4) is 11.1 Å². The molecule has 0 amide bonds. The second kappa shape index (κ2) is 4.97. The Balaban J connectivity index is 1.94. The number of pyridine rings is 1. The van der Waals surface area contributed by atoms with Gasteiger partial charge in [0.05, 0.1) is 5.69 Å².